The Balaban J connectivity index is 2.94. The summed E-state index contributed by atoms with van der Waals surface area (Å²) in [5.74, 6) is -0.157. The molecule has 0 amide bonds. The van der Waals surface area contributed by atoms with Gasteiger partial charge in [-0.1, -0.05) is 4.98 Å². The van der Waals surface area contributed by atoms with Crippen molar-refractivity contribution >= 4 is 12.2 Å². The molecule has 0 saturated heterocycles. The van der Waals surface area contributed by atoms with Crippen molar-refractivity contribution in [3.63, 3.8) is 0 Å². The predicted octanol–water partition coefficient (Wildman–Crippen LogP) is 0.755. The molecule has 0 atom stereocenters. The number of nitro groups is 1. The molecule has 1 N–H and O–H groups in total. The molecule has 0 spiro atoms. The standard InChI is InChI=1S/C8H13N5O2/c1-3-10-11-6-7-5-9-8(13(14)15)12(7)4-2/h5-6,10H,3-4H2,1-2H3. The van der Waals surface area contributed by atoms with Crippen molar-refractivity contribution in [2.75, 3.05) is 6.54 Å². The number of rotatable bonds is 5. The van der Waals surface area contributed by atoms with E-state index in [0.717, 1.165) is 0 Å². The van der Waals surface area contributed by atoms with Gasteiger partial charge in [-0.2, -0.15) is 5.10 Å². The lowest BCUT2D eigenvalue weighted by atomic mass is 10.5. The fourth-order valence-corrected chi connectivity index (χ4v) is 1.15. The SMILES string of the molecule is CCNN=Cc1cnc([N+](=O)[O-])n1CC. The number of nitrogens with one attached hydrogen (secondary N) is 1. The van der Waals surface area contributed by atoms with Crippen molar-refractivity contribution in [3.05, 3.63) is 22.0 Å². The van der Waals surface area contributed by atoms with Crippen LogP contribution in [-0.4, -0.2) is 27.2 Å². The molecule has 0 aliphatic heterocycles. The summed E-state index contributed by atoms with van der Waals surface area (Å²) in [4.78, 5) is 13.8. The van der Waals surface area contributed by atoms with Gasteiger partial charge in [-0.15, -0.1) is 0 Å². The lowest BCUT2D eigenvalue weighted by molar-refractivity contribution is -0.396. The largest absolute Gasteiger partial charge is 0.435 e. The second kappa shape index (κ2) is 5.08. The molecule has 0 bridgehead atoms. The molecule has 7 nitrogen and oxygen atoms in total. The molecule has 1 aromatic rings. The third-order valence-corrected chi connectivity index (χ3v) is 1.79. The third-order valence-electron chi connectivity index (χ3n) is 1.79. The summed E-state index contributed by atoms with van der Waals surface area (Å²) in [5.41, 5.74) is 3.36. The molecular formula is C8H13N5O2. The van der Waals surface area contributed by atoms with Gasteiger partial charge in [0.25, 0.3) is 0 Å². The summed E-state index contributed by atoms with van der Waals surface area (Å²) in [6, 6.07) is 0. The molecule has 15 heavy (non-hydrogen) atoms. The minimum absolute atomic E-state index is 0.157. The summed E-state index contributed by atoms with van der Waals surface area (Å²) in [5, 5.41) is 14.5. The summed E-state index contributed by atoms with van der Waals surface area (Å²) < 4.78 is 1.49. The van der Waals surface area contributed by atoms with E-state index in [1.807, 2.05) is 13.8 Å². The summed E-state index contributed by atoms with van der Waals surface area (Å²) in [6.07, 6.45) is 2.95. The number of nitrogens with zero attached hydrogens (tertiary/aromatic N) is 4. The molecule has 0 saturated carbocycles. The molecular weight excluding hydrogens is 198 g/mol. The van der Waals surface area contributed by atoms with Crippen LogP contribution in [0.25, 0.3) is 0 Å². The van der Waals surface area contributed by atoms with Gasteiger partial charge in [0.2, 0.25) is 0 Å². The Morgan fingerprint density at radius 1 is 1.73 bits per heavy atom. The first-order chi connectivity index (χ1) is 7.20. The van der Waals surface area contributed by atoms with Crippen LogP contribution in [0, 0.1) is 10.1 Å². The fraction of sp³-hybridized carbons (Fsp3) is 0.500. The van der Waals surface area contributed by atoms with Crippen LogP contribution in [0.1, 0.15) is 19.5 Å². The third kappa shape index (κ3) is 2.52. The summed E-state index contributed by atoms with van der Waals surface area (Å²) in [6.45, 7) is 4.93. The molecule has 1 aromatic heterocycles. The molecule has 7 heteroatoms. The van der Waals surface area contributed by atoms with E-state index >= 15 is 0 Å². The van der Waals surface area contributed by atoms with Gasteiger partial charge in [-0.05, 0) is 18.8 Å². The Morgan fingerprint density at radius 3 is 3.00 bits per heavy atom. The average Bonchev–Trinajstić information content (AvgIpc) is 2.61. The van der Waals surface area contributed by atoms with Gasteiger partial charge < -0.3 is 15.5 Å². The molecule has 0 radical (unpaired) electrons. The van der Waals surface area contributed by atoms with Gasteiger partial charge in [0.05, 0.1) is 12.8 Å². The van der Waals surface area contributed by atoms with Gasteiger partial charge in [-0.25, -0.2) is 4.57 Å². The first-order valence-corrected chi connectivity index (χ1v) is 4.66. The molecule has 0 unspecified atom stereocenters. The zero-order chi connectivity index (χ0) is 11.3. The van der Waals surface area contributed by atoms with Gasteiger partial charge >= 0.3 is 5.95 Å². The van der Waals surface area contributed by atoms with Crippen LogP contribution in [0.2, 0.25) is 0 Å². The second-order valence-corrected chi connectivity index (χ2v) is 2.75. The van der Waals surface area contributed by atoms with Crippen molar-refractivity contribution in [1.82, 2.24) is 15.0 Å². The number of hydrazone groups is 1. The van der Waals surface area contributed by atoms with Crippen LogP contribution < -0.4 is 5.43 Å². The van der Waals surface area contributed by atoms with Crippen molar-refractivity contribution < 1.29 is 4.92 Å². The maximum absolute atomic E-state index is 10.6. The smallest absolute Gasteiger partial charge is 0.390 e. The number of imidazole rings is 1. The molecule has 1 heterocycles. The second-order valence-electron chi connectivity index (χ2n) is 2.75. The summed E-state index contributed by atoms with van der Waals surface area (Å²) in [7, 11) is 0. The van der Waals surface area contributed by atoms with E-state index in [0.29, 0.717) is 18.8 Å². The molecule has 0 aliphatic carbocycles. The van der Waals surface area contributed by atoms with E-state index in [1.165, 1.54) is 17.0 Å². The molecule has 0 aliphatic rings. The molecule has 1 rings (SSSR count). The number of aromatic nitrogens is 2. The Kier molecular flexibility index (Phi) is 3.78. The first-order valence-electron chi connectivity index (χ1n) is 4.66. The zero-order valence-corrected chi connectivity index (χ0v) is 8.67. The average molecular weight is 211 g/mol. The van der Waals surface area contributed by atoms with Crippen LogP contribution in [0.4, 0.5) is 5.95 Å². The van der Waals surface area contributed by atoms with Crippen LogP contribution in [0.3, 0.4) is 0 Å². The fourth-order valence-electron chi connectivity index (χ4n) is 1.15. The number of hydrogen-bond donors (Lipinski definition) is 1. The molecule has 0 fully saturated rings. The Morgan fingerprint density at radius 2 is 2.47 bits per heavy atom. The van der Waals surface area contributed by atoms with Gasteiger partial charge in [-0.3, -0.25) is 0 Å². The Hall–Kier alpha value is -1.92. The van der Waals surface area contributed by atoms with Crippen molar-refractivity contribution in [2.45, 2.75) is 20.4 Å². The van der Waals surface area contributed by atoms with Crippen LogP contribution in [0.5, 0.6) is 0 Å². The Labute approximate surface area is 87.0 Å². The quantitative estimate of drug-likeness (QED) is 0.442. The highest BCUT2D eigenvalue weighted by Gasteiger charge is 2.17. The highest BCUT2D eigenvalue weighted by Crippen LogP contribution is 2.10. The lowest BCUT2D eigenvalue weighted by Gasteiger charge is -1.98. The maximum atomic E-state index is 10.6. The van der Waals surface area contributed by atoms with E-state index in [-0.39, 0.29) is 5.95 Å². The van der Waals surface area contributed by atoms with E-state index in [9.17, 15) is 10.1 Å². The van der Waals surface area contributed by atoms with E-state index in [1.54, 1.807) is 0 Å². The monoisotopic (exact) mass is 211 g/mol. The van der Waals surface area contributed by atoms with Crippen LogP contribution in [-0.2, 0) is 6.54 Å². The maximum Gasteiger partial charge on any atom is 0.435 e. The minimum Gasteiger partial charge on any atom is -0.390 e. The van der Waals surface area contributed by atoms with Crippen molar-refractivity contribution in [3.8, 4) is 0 Å². The molecule has 0 aromatic carbocycles. The number of hydrogen-bond acceptors (Lipinski definition) is 5. The highest BCUT2D eigenvalue weighted by atomic mass is 16.6. The zero-order valence-electron chi connectivity index (χ0n) is 8.67. The van der Waals surface area contributed by atoms with E-state index in [2.05, 4.69) is 15.5 Å². The van der Waals surface area contributed by atoms with Gasteiger partial charge in [0, 0.05) is 6.54 Å². The van der Waals surface area contributed by atoms with Crippen molar-refractivity contribution in [2.24, 2.45) is 5.10 Å². The Bertz CT molecular complexity index is 371. The molecule has 82 valence electrons. The van der Waals surface area contributed by atoms with E-state index in [4.69, 9.17) is 0 Å². The highest BCUT2D eigenvalue weighted by molar-refractivity contribution is 5.77. The van der Waals surface area contributed by atoms with E-state index < -0.39 is 4.92 Å². The summed E-state index contributed by atoms with van der Waals surface area (Å²) >= 11 is 0. The predicted molar refractivity (Wildman–Crippen MR) is 55.8 cm³/mol. The minimum atomic E-state index is -0.506. The van der Waals surface area contributed by atoms with Crippen LogP contribution >= 0.6 is 0 Å². The van der Waals surface area contributed by atoms with Crippen LogP contribution in [0.15, 0.2) is 11.3 Å². The topological polar surface area (TPSA) is 85.3 Å². The first kappa shape index (κ1) is 11.2. The van der Waals surface area contributed by atoms with Gasteiger partial charge in [0.1, 0.15) is 6.20 Å². The normalized spacial score (nSPS) is 10.8. The van der Waals surface area contributed by atoms with Gasteiger partial charge in [0.15, 0.2) is 5.69 Å². The van der Waals surface area contributed by atoms with Crippen molar-refractivity contribution in [1.29, 1.82) is 0 Å². The lowest BCUT2D eigenvalue weighted by Crippen LogP contribution is -2.07.